The minimum atomic E-state index is -0.559. The molecular weight excluding hydrogens is 244 g/mol. The second kappa shape index (κ2) is 3.64. The minimum absolute atomic E-state index is 0.0851. The van der Waals surface area contributed by atoms with Crippen molar-refractivity contribution in [2.45, 2.75) is 55.5 Å². The number of hydrogen-bond donors (Lipinski definition) is 0. The molecule has 4 atom stereocenters. The quantitative estimate of drug-likeness (QED) is 0.706. The lowest BCUT2D eigenvalue weighted by molar-refractivity contribution is -0.156. The van der Waals surface area contributed by atoms with Crippen LogP contribution in [-0.4, -0.2) is 35.0 Å². The Hall–Kier alpha value is -1.26. The number of ketones is 2. The fraction of sp³-hybridized carbons (Fsp3) is 0.600. The van der Waals surface area contributed by atoms with Gasteiger partial charge in [0, 0.05) is 32.1 Å². The van der Waals surface area contributed by atoms with Crippen molar-refractivity contribution < 1.29 is 19.1 Å². The van der Waals surface area contributed by atoms with E-state index < -0.39 is 11.2 Å². The van der Waals surface area contributed by atoms with Crippen LogP contribution in [0.5, 0.6) is 0 Å². The number of hydrogen-bond acceptors (Lipinski definition) is 4. The molecule has 19 heavy (non-hydrogen) atoms. The zero-order valence-corrected chi connectivity index (χ0v) is 10.6. The summed E-state index contributed by atoms with van der Waals surface area (Å²) in [5, 5.41) is 0. The highest BCUT2D eigenvalue weighted by Crippen LogP contribution is 2.46. The molecule has 4 heterocycles. The molecule has 4 rings (SSSR count). The van der Waals surface area contributed by atoms with Crippen LogP contribution in [0.15, 0.2) is 24.3 Å². The summed E-state index contributed by atoms with van der Waals surface area (Å²) in [5.74, 6) is 0.469. The van der Waals surface area contributed by atoms with Crippen molar-refractivity contribution in [3.63, 3.8) is 0 Å². The smallest absolute Gasteiger partial charge is 0.139 e. The second-order valence-corrected chi connectivity index (χ2v) is 6.18. The summed E-state index contributed by atoms with van der Waals surface area (Å²) in [6.07, 6.45) is 10.1. The predicted octanol–water partition coefficient (Wildman–Crippen LogP) is 1.49. The Kier molecular flexibility index (Phi) is 2.22. The summed E-state index contributed by atoms with van der Waals surface area (Å²) < 4.78 is 12.0. The molecule has 4 bridgehead atoms. The highest BCUT2D eigenvalue weighted by atomic mass is 16.5. The summed E-state index contributed by atoms with van der Waals surface area (Å²) in [7, 11) is 0. The molecule has 0 aromatic heterocycles. The van der Waals surface area contributed by atoms with Crippen molar-refractivity contribution in [2.75, 3.05) is 0 Å². The summed E-state index contributed by atoms with van der Waals surface area (Å²) in [6.45, 7) is 0. The van der Waals surface area contributed by atoms with E-state index in [4.69, 9.17) is 9.47 Å². The maximum atomic E-state index is 11.8. The molecule has 2 saturated heterocycles. The van der Waals surface area contributed by atoms with Crippen LogP contribution in [0.3, 0.4) is 0 Å². The Balaban J connectivity index is 1.61. The highest BCUT2D eigenvalue weighted by Gasteiger charge is 2.52. The number of carbonyl (C=O) groups excluding carboxylic acids is 2. The first-order valence-corrected chi connectivity index (χ1v) is 6.84. The molecule has 4 nitrogen and oxygen atoms in total. The Bertz CT molecular complexity index is 474. The SMILES string of the molecule is O=C1C[C@H]2C=C[C@@](C[C@@]34C=C[C@@H](CC(=O)C3)O4)(C1)O2. The average molecular weight is 260 g/mol. The fourth-order valence-electron chi connectivity index (χ4n) is 3.84. The molecule has 0 N–H and O–H groups in total. The van der Waals surface area contributed by atoms with Crippen LogP contribution in [-0.2, 0) is 19.1 Å². The van der Waals surface area contributed by atoms with E-state index in [1.54, 1.807) is 0 Å². The average Bonchev–Trinajstić information content (AvgIpc) is 2.76. The molecule has 0 spiro atoms. The molecule has 0 amide bonds. The van der Waals surface area contributed by atoms with Crippen molar-refractivity contribution in [2.24, 2.45) is 0 Å². The number of Topliss-reactive ketones (excluding diaryl/α,β-unsaturated/α-hetero) is 2. The van der Waals surface area contributed by atoms with E-state index >= 15 is 0 Å². The van der Waals surface area contributed by atoms with Crippen LogP contribution in [0.2, 0.25) is 0 Å². The lowest BCUT2D eigenvalue weighted by atomic mass is 9.80. The van der Waals surface area contributed by atoms with Gasteiger partial charge < -0.3 is 9.47 Å². The van der Waals surface area contributed by atoms with Crippen molar-refractivity contribution in [1.29, 1.82) is 0 Å². The second-order valence-electron chi connectivity index (χ2n) is 6.18. The van der Waals surface area contributed by atoms with Crippen LogP contribution >= 0.6 is 0 Å². The van der Waals surface area contributed by atoms with Crippen molar-refractivity contribution in [3.05, 3.63) is 24.3 Å². The van der Waals surface area contributed by atoms with Gasteiger partial charge in [0.2, 0.25) is 0 Å². The van der Waals surface area contributed by atoms with E-state index in [1.165, 1.54) is 0 Å². The Morgan fingerprint density at radius 3 is 1.89 bits per heavy atom. The van der Waals surface area contributed by atoms with E-state index in [0.29, 0.717) is 32.1 Å². The Labute approximate surface area is 111 Å². The van der Waals surface area contributed by atoms with Crippen LogP contribution in [0.1, 0.15) is 32.1 Å². The molecular formula is C15H16O4. The lowest BCUT2D eigenvalue weighted by Gasteiger charge is -2.41. The molecule has 2 fully saturated rings. The van der Waals surface area contributed by atoms with E-state index in [9.17, 15) is 9.59 Å². The highest BCUT2D eigenvalue weighted by molar-refractivity contribution is 5.83. The standard InChI is InChI=1S/C15H16O4/c16-10-5-12-1-3-14(7-10,18-12)9-15-4-2-13(19-15)6-11(17)8-15/h1-4,12-13H,5-9H2/t12-,13+,14+,15-. The summed E-state index contributed by atoms with van der Waals surface area (Å²) in [5.41, 5.74) is -1.12. The van der Waals surface area contributed by atoms with Gasteiger partial charge in [-0.15, -0.1) is 0 Å². The van der Waals surface area contributed by atoms with Crippen LogP contribution in [0.25, 0.3) is 0 Å². The lowest BCUT2D eigenvalue weighted by Crippen LogP contribution is -2.48. The van der Waals surface area contributed by atoms with Gasteiger partial charge in [0.15, 0.2) is 0 Å². The molecule has 0 unspecified atom stereocenters. The molecule has 0 aromatic carbocycles. The first-order valence-electron chi connectivity index (χ1n) is 6.84. The Morgan fingerprint density at radius 2 is 1.42 bits per heavy atom. The minimum Gasteiger partial charge on any atom is -0.363 e. The third-order valence-electron chi connectivity index (χ3n) is 4.45. The molecule has 0 saturated carbocycles. The maximum absolute atomic E-state index is 11.8. The van der Waals surface area contributed by atoms with Crippen molar-refractivity contribution in [1.82, 2.24) is 0 Å². The van der Waals surface area contributed by atoms with Gasteiger partial charge in [-0.3, -0.25) is 9.59 Å². The first-order chi connectivity index (χ1) is 9.07. The third kappa shape index (κ3) is 1.82. The molecule has 0 aliphatic carbocycles. The van der Waals surface area contributed by atoms with Gasteiger partial charge in [0.1, 0.15) is 11.6 Å². The van der Waals surface area contributed by atoms with Gasteiger partial charge in [-0.05, 0) is 0 Å². The van der Waals surface area contributed by atoms with Crippen molar-refractivity contribution in [3.8, 4) is 0 Å². The number of fused-ring (bicyclic) bond motifs is 4. The maximum Gasteiger partial charge on any atom is 0.139 e. The largest absolute Gasteiger partial charge is 0.363 e. The Morgan fingerprint density at radius 1 is 0.947 bits per heavy atom. The molecule has 4 aliphatic heterocycles. The zero-order valence-electron chi connectivity index (χ0n) is 10.6. The zero-order chi connectivity index (χ0) is 13.1. The molecule has 0 radical (unpaired) electrons. The monoisotopic (exact) mass is 260 g/mol. The van der Waals surface area contributed by atoms with Crippen LogP contribution < -0.4 is 0 Å². The third-order valence-corrected chi connectivity index (χ3v) is 4.45. The normalized spacial score (nSPS) is 47.2. The van der Waals surface area contributed by atoms with Gasteiger partial charge in [-0.2, -0.15) is 0 Å². The van der Waals surface area contributed by atoms with Gasteiger partial charge in [0.05, 0.1) is 23.4 Å². The van der Waals surface area contributed by atoms with Crippen molar-refractivity contribution >= 4 is 11.6 Å². The number of carbonyl (C=O) groups is 2. The van der Waals surface area contributed by atoms with Gasteiger partial charge in [-0.1, -0.05) is 24.3 Å². The number of rotatable bonds is 2. The van der Waals surface area contributed by atoms with E-state index in [1.807, 2.05) is 24.3 Å². The summed E-state index contributed by atoms with van der Waals surface area (Å²) in [6, 6.07) is 0. The topological polar surface area (TPSA) is 52.6 Å². The van der Waals surface area contributed by atoms with E-state index in [-0.39, 0.29) is 23.8 Å². The molecule has 4 aliphatic rings. The van der Waals surface area contributed by atoms with Gasteiger partial charge in [0.25, 0.3) is 0 Å². The van der Waals surface area contributed by atoms with Gasteiger partial charge >= 0.3 is 0 Å². The van der Waals surface area contributed by atoms with E-state index in [2.05, 4.69) is 0 Å². The molecule has 100 valence electrons. The van der Waals surface area contributed by atoms with Crippen LogP contribution in [0, 0.1) is 0 Å². The van der Waals surface area contributed by atoms with Gasteiger partial charge in [-0.25, -0.2) is 0 Å². The van der Waals surface area contributed by atoms with E-state index in [0.717, 1.165) is 0 Å². The number of ether oxygens (including phenoxy) is 2. The predicted molar refractivity (Wildman–Crippen MR) is 66.6 cm³/mol. The molecule has 4 heteroatoms. The summed E-state index contributed by atoms with van der Waals surface area (Å²) >= 11 is 0. The van der Waals surface area contributed by atoms with Crippen LogP contribution in [0.4, 0.5) is 0 Å². The fourth-order valence-corrected chi connectivity index (χ4v) is 3.84. The summed E-state index contributed by atoms with van der Waals surface area (Å²) in [4.78, 5) is 23.6. The first kappa shape index (κ1) is 11.6. The molecule has 0 aromatic rings.